The van der Waals surface area contributed by atoms with E-state index >= 15 is 0 Å². The Hall–Kier alpha value is -1.63. The second kappa shape index (κ2) is 6.85. The van der Waals surface area contributed by atoms with Crippen LogP contribution in [0.15, 0.2) is 12.1 Å². The van der Waals surface area contributed by atoms with Crippen molar-refractivity contribution in [3.63, 3.8) is 0 Å². The molecule has 4 nitrogen and oxygen atoms in total. The molecule has 5 heteroatoms. The second-order valence-corrected chi connectivity index (χ2v) is 2.90. The van der Waals surface area contributed by atoms with Crippen molar-refractivity contribution in [1.82, 2.24) is 0 Å². The van der Waals surface area contributed by atoms with Gasteiger partial charge in [0, 0.05) is 6.92 Å². The van der Waals surface area contributed by atoms with E-state index < -0.39 is 5.97 Å². The van der Waals surface area contributed by atoms with Gasteiger partial charge in [-0.25, -0.2) is 0 Å². The Balaban J connectivity index is 0.00000256. The molecule has 0 radical (unpaired) electrons. The van der Waals surface area contributed by atoms with Gasteiger partial charge in [0.1, 0.15) is 5.75 Å². The van der Waals surface area contributed by atoms with Gasteiger partial charge in [-0.15, -0.1) is 6.07 Å². The molecule has 0 aliphatic carbocycles. The smallest absolute Gasteiger partial charge is 0.510 e. The van der Waals surface area contributed by atoms with Crippen molar-refractivity contribution < 1.29 is 36.1 Å². The standard InChI is InChI=1S/C12H11O4.Cu/c1-5-9-6-7-10(14-3)12(11(9)15-4)16-8(2)13;/h6-7H,2-4H3;/q-1;+1. The van der Waals surface area contributed by atoms with Crippen molar-refractivity contribution in [2.45, 2.75) is 6.92 Å². The van der Waals surface area contributed by atoms with E-state index in [1.54, 1.807) is 12.1 Å². The molecule has 1 rings (SSSR count). The molecule has 0 bridgehead atoms. The summed E-state index contributed by atoms with van der Waals surface area (Å²) in [4.78, 5) is 10.9. The summed E-state index contributed by atoms with van der Waals surface area (Å²) in [6, 6.07) is 3.18. The summed E-state index contributed by atoms with van der Waals surface area (Å²) >= 11 is 0. The predicted octanol–water partition coefficient (Wildman–Crippen LogP) is 1.56. The van der Waals surface area contributed by atoms with Crippen molar-refractivity contribution in [3.05, 3.63) is 24.1 Å². The van der Waals surface area contributed by atoms with Gasteiger partial charge in [0.05, 0.1) is 14.2 Å². The van der Waals surface area contributed by atoms with Crippen molar-refractivity contribution in [2.75, 3.05) is 14.2 Å². The summed E-state index contributed by atoms with van der Waals surface area (Å²) in [5.41, 5.74) is 0.388. The number of carbonyl (C=O) groups excluding carboxylic acids is 1. The molecule has 0 atom stereocenters. The van der Waals surface area contributed by atoms with Crippen LogP contribution in [-0.4, -0.2) is 20.2 Å². The van der Waals surface area contributed by atoms with Crippen LogP contribution < -0.4 is 14.2 Å². The monoisotopic (exact) mass is 282 g/mol. The van der Waals surface area contributed by atoms with E-state index in [1.165, 1.54) is 21.1 Å². The Morgan fingerprint density at radius 3 is 2.29 bits per heavy atom. The van der Waals surface area contributed by atoms with E-state index in [2.05, 4.69) is 5.92 Å². The van der Waals surface area contributed by atoms with Crippen LogP contribution in [0.1, 0.15) is 12.5 Å². The van der Waals surface area contributed by atoms with Crippen LogP contribution in [-0.2, 0) is 21.9 Å². The normalized spacial score (nSPS) is 8.59. The molecule has 0 unspecified atom stereocenters. The zero-order valence-corrected chi connectivity index (χ0v) is 10.5. The number of hydrogen-bond acceptors (Lipinski definition) is 4. The molecule has 0 fully saturated rings. The summed E-state index contributed by atoms with van der Waals surface area (Å²) in [7, 11) is 2.87. The van der Waals surface area contributed by atoms with Crippen LogP contribution in [0.25, 0.3) is 0 Å². The first-order valence-corrected chi connectivity index (χ1v) is 4.50. The van der Waals surface area contributed by atoms with Gasteiger partial charge in [-0.1, -0.05) is 5.56 Å². The largest absolute Gasteiger partial charge is 1.00 e. The summed E-state index contributed by atoms with van der Waals surface area (Å²) in [5, 5.41) is 0. The van der Waals surface area contributed by atoms with E-state index in [4.69, 9.17) is 20.6 Å². The van der Waals surface area contributed by atoms with E-state index in [9.17, 15) is 4.79 Å². The molecule has 0 aromatic heterocycles. The molecule has 0 aliphatic rings. The number of esters is 1. The topological polar surface area (TPSA) is 44.8 Å². The van der Waals surface area contributed by atoms with Crippen LogP contribution in [0.2, 0.25) is 0 Å². The van der Waals surface area contributed by atoms with Gasteiger partial charge in [-0.3, -0.25) is 10.7 Å². The van der Waals surface area contributed by atoms with E-state index in [0.717, 1.165) is 0 Å². The zero-order valence-electron chi connectivity index (χ0n) is 9.59. The molecule has 0 saturated heterocycles. The molecule has 94 valence electrons. The maximum Gasteiger partial charge on any atom is 1.00 e. The second-order valence-electron chi connectivity index (χ2n) is 2.90. The molecule has 1 aromatic rings. The van der Waals surface area contributed by atoms with Gasteiger partial charge < -0.3 is 20.6 Å². The van der Waals surface area contributed by atoms with Crippen LogP contribution in [0.3, 0.4) is 0 Å². The van der Waals surface area contributed by atoms with E-state index in [-0.39, 0.29) is 28.6 Å². The molecule has 0 aliphatic heterocycles. The molecule has 0 spiro atoms. The molecule has 0 saturated carbocycles. The van der Waals surface area contributed by atoms with Gasteiger partial charge in [0.2, 0.25) is 0 Å². The van der Waals surface area contributed by atoms with Crippen molar-refractivity contribution in [2.24, 2.45) is 0 Å². The Labute approximate surface area is 111 Å². The molecule has 0 heterocycles. The van der Waals surface area contributed by atoms with Gasteiger partial charge in [0.15, 0.2) is 11.5 Å². The number of carbonyl (C=O) groups is 1. The number of benzene rings is 1. The van der Waals surface area contributed by atoms with Crippen molar-refractivity contribution in [3.8, 4) is 23.2 Å². The third-order valence-corrected chi connectivity index (χ3v) is 1.88. The Kier molecular flexibility index (Phi) is 6.19. The number of rotatable bonds is 3. The fourth-order valence-corrected chi connectivity index (χ4v) is 1.25. The minimum atomic E-state index is -0.487. The average molecular weight is 283 g/mol. The maximum absolute atomic E-state index is 10.9. The maximum atomic E-state index is 10.9. The van der Waals surface area contributed by atoms with Crippen LogP contribution >= 0.6 is 0 Å². The van der Waals surface area contributed by atoms with Crippen molar-refractivity contribution in [1.29, 1.82) is 0 Å². The molecular weight excluding hydrogens is 272 g/mol. The van der Waals surface area contributed by atoms with Gasteiger partial charge in [-0.05, 0) is 6.07 Å². The predicted molar refractivity (Wildman–Crippen MR) is 57.1 cm³/mol. The molecule has 1 aromatic carbocycles. The minimum Gasteiger partial charge on any atom is -0.510 e. The molecule has 0 amide bonds. The summed E-state index contributed by atoms with van der Waals surface area (Å²) < 4.78 is 15.1. The summed E-state index contributed by atoms with van der Waals surface area (Å²) in [6.07, 6.45) is 7.08. The summed E-state index contributed by atoms with van der Waals surface area (Å²) in [5.74, 6) is 2.49. The third-order valence-electron chi connectivity index (χ3n) is 1.88. The zero-order chi connectivity index (χ0) is 12.1. The van der Waals surface area contributed by atoms with E-state index in [0.29, 0.717) is 11.3 Å². The van der Waals surface area contributed by atoms with E-state index in [1.807, 2.05) is 0 Å². The van der Waals surface area contributed by atoms with Crippen molar-refractivity contribution >= 4 is 5.97 Å². The van der Waals surface area contributed by atoms with Crippen LogP contribution in [0.5, 0.6) is 17.2 Å². The average Bonchev–Trinajstić information content (AvgIpc) is 2.27. The number of methoxy groups -OCH3 is 2. The number of ether oxygens (including phenoxy) is 3. The fraction of sp³-hybridized carbons (Fsp3) is 0.250. The van der Waals surface area contributed by atoms with Crippen LogP contribution in [0.4, 0.5) is 0 Å². The summed E-state index contributed by atoms with van der Waals surface area (Å²) in [6.45, 7) is 1.28. The fourth-order valence-electron chi connectivity index (χ4n) is 1.25. The minimum absolute atomic E-state index is 0. The molecule has 17 heavy (non-hydrogen) atoms. The SMILES string of the molecule is [C-]#Cc1ccc(OC)c(OC(C)=O)c1OC.[Cu+]. The first kappa shape index (κ1) is 15.4. The first-order valence-electron chi connectivity index (χ1n) is 4.50. The molecule has 0 N–H and O–H groups in total. The van der Waals surface area contributed by atoms with Crippen LogP contribution in [0, 0.1) is 12.3 Å². The Morgan fingerprint density at radius 1 is 1.24 bits per heavy atom. The van der Waals surface area contributed by atoms with Gasteiger partial charge in [-0.2, -0.15) is 0 Å². The van der Waals surface area contributed by atoms with Gasteiger partial charge in [0.25, 0.3) is 0 Å². The third kappa shape index (κ3) is 3.42. The molecular formula is C12H11CuO4. The quantitative estimate of drug-likeness (QED) is 0.277. The first-order chi connectivity index (χ1) is 7.63. The Morgan fingerprint density at radius 2 is 1.88 bits per heavy atom. The number of hydrogen-bond donors (Lipinski definition) is 0. The van der Waals surface area contributed by atoms with Gasteiger partial charge >= 0.3 is 23.0 Å². The Bertz CT molecular complexity index is 449.